The van der Waals surface area contributed by atoms with Gasteiger partial charge in [0.05, 0.1) is 22.4 Å². The summed E-state index contributed by atoms with van der Waals surface area (Å²) in [7, 11) is 1.96. The molecule has 0 aliphatic rings. The lowest BCUT2D eigenvalue weighted by molar-refractivity contribution is 0.596. The molecule has 2 rings (SSSR count). The number of hydrogen-bond acceptors (Lipinski definition) is 2. The van der Waals surface area contributed by atoms with E-state index in [1.54, 1.807) is 0 Å². The van der Waals surface area contributed by atoms with Crippen molar-refractivity contribution >= 4 is 15.9 Å². The predicted molar refractivity (Wildman–Crippen MR) is 76.6 cm³/mol. The number of rotatable bonds is 5. The lowest BCUT2D eigenvalue weighted by Crippen LogP contribution is -2.07. The maximum atomic E-state index is 4.51. The Morgan fingerprint density at radius 3 is 2.89 bits per heavy atom. The van der Waals surface area contributed by atoms with Crippen molar-refractivity contribution < 1.29 is 0 Å². The number of nitrogens with zero attached hydrogens (tertiary/aromatic N) is 3. The molecule has 98 valence electrons. The highest BCUT2D eigenvalue weighted by atomic mass is 79.9. The Morgan fingerprint density at radius 1 is 1.44 bits per heavy atom. The second-order valence-corrected chi connectivity index (χ2v) is 5.18. The van der Waals surface area contributed by atoms with Gasteiger partial charge in [-0.25, -0.2) is 0 Å². The molecule has 4 nitrogen and oxygen atoms in total. The van der Waals surface area contributed by atoms with Gasteiger partial charge in [0.15, 0.2) is 0 Å². The van der Waals surface area contributed by atoms with E-state index in [-0.39, 0.29) is 0 Å². The summed E-state index contributed by atoms with van der Waals surface area (Å²) in [5.41, 5.74) is 3.57. The molecule has 0 amide bonds. The van der Waals surface area contributed by atoms with E-state index in [4.69, 9.17) is 0 Å². The zero-order valence-electron chi connectivity index (χ0n) is 11.1. The minimum Gasteiger partial charge on any atom is -0.348 e. The van der Waals surface area contributed by atoms with E-state index in [1.165, 1.54) is 11.3 Å². The molecular formula is C13H19BrN4. The van der Waals surface area contributed by atoms with Gasteiger partial charge in [-0.05, 0) is 48.5 Å². The molecule has 0 saturated heterocycles. The third-order valence-electron chi connectivity index (χ3n) is 2.98. The van der Waals surface area contributed by atoms with Gasteiger partial charge in [-0.2, -0.15) is 5.10 Å². The molecule has 1 N–H and O–H groups in total. The highest BCUT2D eigenvalue weighted by Gasteiger charge is 2.12. The Hall–Kier alpha value is -1.07. The average Bonchev–Trinajstić information content (AvgIpc) is 2.90. The third kappa shape index (κ3) is 2.67. The van der Waals surface area contributed by atoms with Crippen LogP contribution in [-0.2, 0) is 19.6 Å². The van der Waals surface area contributed by atoms with Crippen LogP contribution in [0, 0.1) is 6.92 Å². The first kappa shape index (κ1) is 13.4. The standard InChI is InChI=1S/C13H19BrN4/c1-4-18-12(13(14)10(2)16-18)9-17-6-5-11(8-17)7-15-3/h5-6,8,15H,4,7,9H2,1-3H3. The van der Waals surface area contributed by atoms with Gasteiger partial charge in [0.2, 0.25) is 0 Å². The molecule has 0 fully saturated rings. The number of aryl methyl sites for hydroxylation is 2. The van der Waals surface area contributed by atoms with Gasteiger partial charge in [0.1, 0.15) is 0 Å². The van der Waals surface area contributed by atoms with E-state index in [2.05, 4.69) is 61.0 Å². The van der Waals surface area contributed by atoms with Crippen LogP contribution in [0.5, 0.6) is 0 Å². The van der Waals surface area contributed by atoms with Crippen molar-refractivity contribution in [2.45, 2.75) is 33.5 Å². The Morgan fingerprint density at radius 2 is 2.22 bits per heavy atom. The van der Waals surface area contributed by atoms with E-state index < -0.39 is 0 Å². The van der Waals surface area contributed by atoms with Crippen LogP contribution in [0.15, 0.2) is 22.9 Å². The summed E-state index contributed by atoms with van der Waals surface area (Å²) in [6, 6.07) is 2.14. The predicted octanol–water partition coefficient (Wildman–Crippen LogP) is 2.54. The fraction of sp³-hybridized carbons (Fsp3) is 0.462. The zero-order valence-corrected chi connectivity index (χ0v) is 12.7. The van der Waals surface area contributed by atoms with Gasteiger partial charge in [0, 0.05) is 25.5 Å². The smallest absolute Gasteiger partial charge is 0.0739 e. The molecule has 0 unspecified atom stereocenters. The van der Waals surface area contributed by atoms with Crippen molar-refractivity contribution in [2.24, 2.45) is 0 Å². The Kier molecular flexibility index (Phi) is 4.24. The van der Waals surface area contributed by atoms with E-state index >= 15 is 0 Å². The highest BCUT2D eigenvalue weighted by Crippen LogP contribution is 2.22. The normalized spacial score (nSPS) is 11.1. The van der Waals surface area contributed by atoms with Gasteiger partial charge < -0.3 is 9.88 Å². The van der Waals surface area contributed by atoms with E-state index in [0.717, 1.165) is 29.8 Å². The zero-order chi connectivity index (χ0) is 13.1. The molecule has 2 aromatic heterocycles. The van der Waals surface area contributed by atoms with Crippen LogP contribution in [0.4, 0.5) is 0 Å². The first-order valence-electron chi connectivity index (χ1n) is 6.16. The van der Waals surface area contributed by atoms with Gasteiger partial charge in [-0.1, -0.05) is 0 Å². The van der Waals surface area contributed by atoms with Crippen molar-refractivity contribution in [3.63, 3.8) is 0 Å². The van der Waals surface area contributed by atoms with Crippen LogP contribution in [0.25, 0.3) is 0 Å². The van der Waals surface area contributed by atoms with Gasteiger partial charge in [0.25, 0.3) is 0 Å². The number of hydrogen-bond donors (Lipinski definition) is 1. The Bertz CT molecular complexity index is 527. The molecule has 5 heteroatoms. The minimum atomic E-state index is 0.846. The van der Waals surface area contributed by atoms with Crippen molar-refractivity contribution in [3.8, 4) is 0 Å². The van der Waals surface area contributed by atoms with Crippen LogP contribution in [-0.4, -0.2) is 21.4 Å². The third-order valence-corrected chi connectivity index (χ3v) is 4.01. The van der Waals surface area contributed by atoms with E-state index in [0.29, 0.717) is 0 Å². The second-order valence-electron chi connectivity index (χ2n) is 4.38. The van der Waals surface area contributed by atoms with Crippen LogP contribution < -0.4 is 5.32 Å². The van der Waals surface area contributed by atoms with E-state index in [1.807, 2.05) is 14.0 Å². The number of halogens is 1. The Labute approximate surface area is 116 Å². The minimum absolute atomic E-state index is 0.846. The SMILES string of the molecule is CCn1nc(C)c(Br)c1Cn1ccc(CNC)c1. The molecule has 0 aliphatic heterocycles. The monoisotopic (exact) mass is 310 g/mol. The topological polar surface area (TPSA) is 34.8 Å². The fourth-order valence-corrected chi connectivity index (χ4v) is 2.50. The molecule has 18 heavy (non-hydrogen) atoms. The van der Waals surface area contributed by atoms with E-state index in [9.17, 15) is 0 Å². The quantitative estimate of drug-likeness (QED) is 0.921. The van der Waals surface area contributed by atoms with Crippen LogP contribution in [0.2, 0.25) is 0 Å². The summed E-state index contributed by atoms with van der Waals surface area (Å²) in [6.45, 7) is 6.79. The average molecular weight is 311 g/mol. The first-order chi connectivity index (χ1) is 8.65. The molecule has 0 aliphatic carbocycles. The molecule has 2 aromatic rings. The highest BCUT2D eigenvalue weighted by molar-refractivity contribution is 9.10. The fourth-order valence-electron chi connectivity index (χ4n) is 2.09. The van der Waals surface area contributed by atoms with Crippen molar-refractivity contribution in [2.75, 3.05) is 7.05 Å². The molecular weight excluding hydrogens is 292 g/mol. The molecule has 0 aromatic carbocycles. The van der Waals surface area contributed by atoms with Crippen LogP contribution in [0.1, 0.15) is 23.9 Å². The first-order valence-corrected chi connectivity index (χ1v) is 6.96. The largest absolute Gasteiger partial charge is 0.348 e. The van der Waals surface area contributed by atoms with Crippen LogP contribution >= 0.6 is 15.9 Å². The molecule has 2 heterocycles. The maximum absolute atomic E-state index is 4.51. The maximum Gasteiger partial charge on any atom is 0.0739 e. The number of aromatic nitrogens is 3. The van der Waals surface area contributed by atoms with Gasteiger partial charge >= 0.3 is 0 Å². The summed E-state index contributed by atoms with van der Waals surface area (Å²) in [5, 5.41) is 7.67. The van der Waals surface area contributed by atoms with Crippen molar-refractivity contribution in [3.05, 3.63) is 39.9 Å². The Balaban J connectivity index is 2.22. The molecule has 0 bridgehead atoms. The lowest BCUT2D eigenvalue weighted by atomic mass is 10.3. The summed E-state index contributed by atoms with van der Waals surface area (Å²) in [6.07, 6.45) is 4.28. The molecule has 0 saturated carbocycles. The summed E-state index contributed by atoms with van der Waals surface area (Å²) >= 11 is 3.63. The second kappa shape index (κ2) is 5.71. The lowest BCUT2D eigenvalue weighted by Gasteiger charge is -2.06. The summed E-state index contributed by atoms with van der Waals surface area (Å²) in [4.78, 5) is 0. The number of nitrogens with one attached hydrogen (secondary N) is 1. The molecule has 0 spiro atoms. The van der Waals surface area contributed by atoms with Crippen molar-refractivity contribution in [1.29, 1.82) is 0 Å². The van der Waals surface area contributed by atoms with Gasteiger partial charge in [-0.3, -0.25) is 4.68 Å². The van der Waals surface area contributed by atoms with Gasteiger partial charge in [-0.15, -0.1) is 0 Å². The molecule has 0 radical (unpaired) electrons. The summed E-state index contributed by atoms with van der Waals surface area (Å²) in [5.74, 6) is 0. The molecule has 0 atom stereocenters. The van der Waals surface area contributed by atoms with Crippen molar-refractivity contribution in [1.82, 2.24) is 19.7 Å². The van der Waals surface area contributed by atoms with Crippen LogP contribution in [0.3, 0.4) is 0 Å². The summed E-state index contributed by atoms with van der Waals surface area (Å²) < 4.78 is 5.37.